The fraction of sp³-hybridized carbons (Fsp3) is 0.0667. The van der Waals surface area contributed by atoms with Crippen LogP contribution in [0.25, 0.3) is 0 Å². The Bertz CT molecular complexity index is 685. The van der Waals surface area contributed by atoms with E-state index < -0.39 is 6.03 Å². The van der Waals surface area contributed by atoms with Crippen LogP contribution in [0.15, 0.2) is 47.6 Å². The number of hydrogen-bond acceptors (Lipinski definition) is 3. The van der Waals surface area contributed by atoms with Gasteiger partial charge < -0.3 is 10.5 Å². The van der Waals surface area contributed by atoms with E-state index in [1.54, 1.807) is 36.4 Å². The van der Waals surface area contributed by atoms with Gasteiger partial charge in [0, 0.05) is 15.6 Å². The van der Waals surface area contributed by atoms with Crippen LogP contribution in [0.1, 0.15) is 11.1 Å². The summed E-state index contributed by atoms with van der Waals surface area (Å²) in [5.74, 6) is 0.624. The largest absolute Gasteiger partial charge is 0.489 e. The molecule has 0 aliphatic carbocycles. The van der Waals surface area contributed by atoms with Crippen molar-refractivity contribution in [2.75, 3.05) is 0 Å². The standard InChI is InChI=1S/C15H13Cl2N3O2/c16-13-5-2-6-14(17)12(13)9-22-11-4-1-3-10(7-11)8-19-20-15(18)21/h1-8H,9H2,(H3,18,20,21)/b19-8+. The molecule has 22 heavy (non-hydrogen) atoms. The lowest BCUT2D eigenvalue weighted by molar-refractivity contribution is 0.249. The van der Waals surface area contributed by atoms with E-state index in [1.807, 2.05) is 6.07 Å². The fourth-order valence-corrected chi connectivity index (χ4v) is 2.19. The maximum absolute atomic E-state index is 10.5. The molecule has 7 heteroatoms. The molecule has 0 saturated heterocycles. The number of carbonyl (C=O) groups excluding carboxylic acids is 1. The topological polar surface area (TPSA) is 76.7 Å². The lowest BCUT2D eigenvalue weighted by Crippen LogP contribution is -2.24. The second-order valence-electron chi connectivity index (χ2n) is 4.30. The molecule has 0 aromatic heterocycles. The molecule has 2 amide bonds. The summed E-state index contributed by atoms with van der Waals surface area (Å²) in [7, 11) is 0. The van der Waals surface area contributed by atoms with Gasteiger partial charge in [0.05, 0.1) is 6.21 Å². The highest BCUT2D eigenvalue weighted by molar-refractivity contribution is 6.35. The summed E-state index contributed by atoms with van der Waals surface area (Å²) in [5.41, 5.74) is 8.50. The van der Waals surface area contributed by atoms with Gasteiger partial charge in [0.15, 0.2) is 0 Å². The molecular formula is C15H13Cl2N3O2. The number of amides is 2. The number of carbonyl (C=O) groups is 1. The molecule has 0 aliphatic heterocycles. The van der Waals surface area contributed by atoms with Crippen molar-refractivity contribution in [1.82, 2.24) is 5.43 Å². The van der Waals surface area contributed by atoms with Gasteiger partial charge in [0.2, 0.25) is 0 Å². The van der Waals surface area contributed by atoms with Gasteiger partial charge in [-0.25, -0.2) is 10.2 Å². The zero-order chi connectivity index (χ0) is 15.9. The normalized spacial score (nSPS) is 10.6. The third-order valence-corrected chi connectivity index (χ3v) is 3.40. The number of nitrogens with two attached hydrogens (primary N) is 1. The first-order chi connectivity index (χ1) is 10.6. The van der Waals surface area contributed by atoms with E-state index in [0.717, 1.165) is 11.1 Å². The number of nitrogens with zero attached hydrogens (tertiary/aromatic N) is 1. The van der Waals surface area contributed by atoms with E-state index in [1.165, 1.54) is 6.21 Å². The van der Waals surface area contributed by atoms with Crippen LogP contribution in [0.5, 0.6) is 5.75 Å². The fourth-order valence-electron chi connectivity index (χ4n) is 1.68. The number of hydrazone groups is 1. The van der Waals surface area contributed by atoms with Crippen LogP contribution in [0, 0.1) is 0 Å². The molecule has 0 radical (unpaired) electrons. The molecule has 2 aromatic rings. The Kier molecular flexibility index (Phi) is 5.63. The van der Waals surface area contributed by atoms with Crippen molar-refractivity contribution in [1.29, 1.82) is 0 Å². The van der Waals surface area contributed by atoms with Crippen molar-refractivity contribution in [2.24, 2.45) is 10.8 Å². The van der Waals surface area contributed by atoms with Crippen molar-refractivity contribution in [2.45, 2.75) is 6.61 Å². The van der Waals surface area contributed by atoms with Crippen molar-refractivity contribution in [3.63, 3.8) is 0 Å². The highest BCUT2D eigenvalue weighted by Crippen LogP contribution is 2.25. The van der Waals surface area contributed by atoms with Crippen molar-refractivity contribution in [3.05, 3.63) is 63.6 Å². The number of halogens is 2. The highest BCUT2D eigenvalue weighted by atomic mass is 35.5. The van der Waals surface area contributed by atoms with Crippen LogP contribution in [0.2, 0.25) is 10.0 Å². The Morgan fingerprint density at radius 2 is 1.91 bits per heavy atom. The van der Waals surface area contributed by atoms with Crippen LogP contribution >= 0.6 is 23.2 Å². The molecule has 0 unspecified atom stereocenters. The molecule has 114 valence electrons. The van der Waals surface area contributed by atoms with Gasteiger partial charge in [-0.3, -0.25) is 0 Å². The summed E-state index contributed by atoms with van der Waals surface area (Å²) in [6.45, 7) is 0.249. The number of nitrogens with one attached hydrogen (secondary N) is 1. The van der Waals surface area contributed by atoms with Gasteiger partial charge in [-0.2, -0.15) is 5.10 Å². The maximum Gasteiger partial charge on any atom is 0.332 e. The van der Waals surface area contributed by atoms with Gasteiger partial charge in [0.25, 0.3) is 0 Å². The second kappa shape index (κ2) is 7.68. The van der Waals surface area contributed by atoms with Gasteiger partial charge in [-0.05, 0) is 29.8 Å². The summed E-state index contributed by atoms with van der Waals surface area (Å²) >= 11 is 12.2. The molecule has 0 aliphatic rings. The average Bonchev–Trinajstić information content (AvgIpc) is 2.47. The van der Waals surface area contributed by atoms with Gasteiger partial charge in [-0.15, -0.1) is 0 Å². The van der Waals surface area contributed by atoms with E-state index in [4.69, 9.17) is 33.7 Å². The number of rotatable bonds is 5. The average molecular weight is 338 g/mol. The highest BCUT2D eigenvalue weighted by Gasteiger charge is 2.06. The molecule has 0 atom stereocenters. The summed E-state index contributed by atoms with van der Waals surface area (Å²) in [5, 5.41) is 4.78. The third-order valence-electron chi connectivity index (χ3n) is 2.69. The smallest absolute Gasteiger partial charge is 0.332 e. The monoisotopic (exact) mass is 337 g/mol. The Balaban J connectivity index is 2.04. The summed E-state index contributed by atoms with van der Waals surface area (Å²) < 4.78 is 5.68. The van der Waals surface area contributed by atoms with Crippen LogP contribution in [0.4, 0.5) is 4.79 Å². The van der Waals surface area contributed by atoms with Crippen LogP contribution in [-0.4, -0.2) is 12.2 Å². The van der Waals surface area contributed by atoms with E-state index in [9.17, 15) is 4.79 Å². The molecule has 0 spiro atoms. The number of hydrogen-bond donors (Lipinski definition) is 2. The molecule has 2 rings (SSSR count). The second-order valence-corrected chi connectivity index (χ2v) is 5.11. The van der Waals surface area contributed by atoms with Crippen LogP contribution < -0.4 is 15.9 Å². The first-order valence-electron chi connectivity index (χ1n) is 6.30. The Morgan fingerprint density at radius 1 is 1.23 bits per heavy atom. The minimum absolute atomic E-state index is 0.249. The quantitative estimate of drug-likeness (QED) is 0.646. The van der Waals surface area contributed by atoms with Gasteiger partial charge in [-0.1, -0.05) is 41.4 Å². The predicted octanol–water partition coefficient (Wildman–Crippen LogP) is 3.57. The lowest BCUT2D eigenvalue weighted by atomic mass is 10.2. The maximum atomic E-state index is 10.5. The first-order valence-corrected chi connectivity index (χ1v) is 7.06. The van der Waals surface area contributed by atoms with Crippen LogP contribution in [-0.2, 0) is 6.61 Å². The molecule has 2 aromatic carbocycles. The first kappa shape index (κ1) is 16.1. The molecule has 3 N–H and O–H groups in total. The molecule has 0 fully saturated rings. The number of benzene rings is 2. The molecule has 0 heterocycles. The van der Waals surface area contributed by atoms with Crippen molar-refractivity contribution >= 4 is 35.4 Å². The Hall–Kier alpha value is -2.24. The molecule has 0 bridgehead atoms. The summed E-state index contributed by atoms with van der Waals surface area (Å²) in [6, 6.07) is 11.7. The molecular weight excluding hydrogens is 325 g/mol. The third kappa shape index (κ3) is 4.65. The zero-order valence-electron chi connectivity index (χ0n) is 11.4. The molecule has 0 saturated carbocycles. The Labute approximate surface area is 137 Å². The summed E-state index contributed by atoms with van der Waals surface area (Å²) in [4.78, 5) is 10.5. The van der Waals surface area contributed by atoms with E-state index >= 15 is 0 Å². The SMILES string of the molecule is NC(=O)N/N=C/c1cccc(OCc2c(Cl)cccc2Cl)c1. The summed E-state index contributed by atoms with van der Waals surface area (Å²) in [6.07, 6.45) is 1.46. The minimum Gasteiger partial charge on any atom is -0.489 e. The minimum atomic E-state index is -0.725. The van der Waals surface area contributed by atoms with E-state index in [2.05, 4.69) is 10.5 Å². The number of primary amides is 1. The van der Waals surface area contributed by atoms with Crippen molar-refractivity contribution < 1.29 is 9.53 Å². The van der Waals surface area contributed by atoms with Gasteiger partial charge >= 0.3 is 6.03 Å². The zero-order valence-corrected chi connectivity index (χ0v) is 12.9. The Morgan fingerprint density at radius 3 is 2.59 bits per heavy atom. The predicted molar refractivity (Wildman–Crippen MR) is 87.5 cm³/mol. The molecule has 5 nitrogen and oxygen atoms in total. The number of urea groups is 1. The van der Waals surface area contributed by atoms with E-state index in [-0.39, 0.29) is 6.61 Å². The van der Waals surface area contributed by atoms with Gasteiger partial charge in [0.1, 0.15) is 12.4 Å². The van der Waals surface area contributed by atoms with Crippen molar-refractivity contribution in [3.8, 4) is 5.75 Å². The van der Waals surface area contributed by atoms with Crippen LogP contribution in [0.3, 0.4) is 0 Å². The number of ether oxygens (including phenoxy) is 1. The lowest BCUT2D eigenvalue weighted by Gasteiger charge is -2.09. The van der Waals surface area contributed by atoms with E-state index in [0.29, 0.717) is 15.8 Å².